The molecule has 1 aliphatic heterocycles. The van der Waals surface area contributed by atoms with Crippen LogP contribution in [0.2, 0.25) is 0 Å². The molecule has 10 nitrogen and oxygen atoms in total. The molecule has 2 heterocycles. The number of fused-ring (bicyclic) bond motifs is 1. The molecule has 44 heavy (non-hydrogen) atoms. The van der Waals surface area contributed by atoms with Crippen molar-refractivity contribution in [2.24, 2.45) is 23.2 Å². The molecule has 236 valence electrons. The zero-order valence-corrected chi connectivity index (χ0v) is 26.1. The molecular formula is C34H41NO9. The molecule has 1 aromatic heterocycles. The van der Waals surface area contributed by atoms with Crippen molar-refractivity contribution in [2.75, 3.05) is 6.61 Å². The van der Waals surface area contributed by atoms with E-state index in [2.05, 4.69) is 11.9 Å². The maximum absolute atomic E-state index is 13.8. The van der Waals surface area contributed by atoms with Crippen molar-refractivity contribution >= 4 is 23.9 Å². The van der Waals surface area contributed by atoms with E-state index in [0.29, 0.717) is 24.8 Å². The molecule has 0 amide bonds. The fraction of sp³-hybridized carbons (Fsp3) is 0.559. The first-order chi connectivity index (χ1) is 20.8. The van der Waals surface area contributed by atoms with Crippen LogP contribution in [0.25, 0.3) is 0 Å². The summed E-state index contributed by atoms with van der Waals surface area (Å²) in [6.45, 7) is 10.3. The summed E-state index contributed by atoms with van der Waals surface area (Å²) in [5.41, 5.74) is -2.79. The molecule has 2 aromatic rings. The van der Waals surface area contributed by atoms with Gasteiger partial charge in [-0.2, -0.15) is 0 Å². The summed E-state index contributed by atoms with van der Waals surface area (Å²) in [5.74, 6) is -3.24. The summed E-state index contributed by atoms with van der Waals surface area (Å²) >= 11 is 0. The SMILES string of the molecule is CC(=O)OC1C(OC(=O)c2ccccc2)[C@]2(COC(=O)c3cccnc3)C(OC(=O)C(C)C)CC[C@H](C)[C@@]23C[C@@H]1C(C)(C)O3. The van der Waals surface area contributed by atoms with Crippen molar-refractivity contribution in [3.05, 3.63) is 66.0 Å². The van der Waals surface area contributed by atoms with E-state index in [-0.39, 0.29) is 24.0 Å². The molecule has 3 fully saturated rings. The van der Waals surface area contributed by atoms with Crippen molar-refractivity contribution in [3.63, 3.8) is 0 Å². The van der Waals surface area contributed by atoms with Gasteiger partial charge in [0.25, 0.3) is 0 Å². The Hall–Kier alpha value is -3.79. The average Bonchev–Trinajstić information content (AvgIpc) is 3.26. The number of pyridine rings is 1. The monoisotopic (exact) mass is 607 g/mol. The molecule has 1 saturated heterocycles. The fourth-order valence-electron chi connectivity index (χ4n) is 7.56. The van der Waals surface area contributed by atoms with Crippen LogP contribution in [0.3, 0.4) is 0 Å². The Labute approximate surface area is 257 Å². The second-order valence-electron chi connectivity index (χ2n) is 13.1. The number of hydrogen-bond donors (Lipinski definition) is 0. The lowest BCUT2D eigenvalue weighted by molar-refractivity contribution is -0.287. The van der Waals surface area contributed by atoms with Crippen LogP contribution < -0.4 is 0 Å². The molecule has 7 atom stereocenters. The van der Waals surface area contributed by atoms with E-state index in [9.17, 15) is 19.2 Å². The summed E-state index contributed by atoms with van der Waals surface area (Å²) in [7, 11) is 0. The number of hydrogen-bond acceptors (Lipinski definition) is 10. The molecule has 10 heteroatoms. The summed E-state index contributed by atoms with van der Waals surface area (Å²) in [5, 5.41) is 0. The van der Waals surface area contributed by atoms with Gasteiger partial charge in [0.2, 0.25) is 0 Å². The normalized spacial score (nSPS) is 31.8. The number of ether oxygens (including phenoxy) is 5. The highest BCUT2D eigenvalue weighted by molar-refractivity contribution is 5.90. The van der Waals surface area contributed by atoms with Crippen LogP contribution in [0.1, 0.15) is 81.5 Å². The van der Waals surface area contributed by atoms with E-state index in [1.165, 1.54) is 13.1 Å². The Morgan fingerprint density at radius 3 is 2.30 bits per heavy atom. The minimum absolute atomic E-state index is 0.117. The van der Waals surface area contributed by atoms with E-state index in [1.807, 2.05) is 13.8 Å². The van der Waals surface area contributed by atoms with Gasteiger partial charge in [-0.1, -0.05) is 39.0 Å². The van der Waals surface area contributed by atoms with E-state index >= 15 is 0 Å². The standard InChI is InChI=1S/C34H41NO9/c1-20(2)29(37)42-26-15-14-21(3)34-17-25(32(5,6)44-34)27(41-22(4)36)28(43-31(39)23-11-8-7-9-12-23)33(26,34)19-40-30(38)24-13-10-16-35-18-24/h7-13,16,18,20-21,25-28H,14-15,17,19H2,1-6H3/t21-,25-,26?,27?,28?,33-,34-/m0/s1. The predicted octanol–water partition coefficient (Wildman–Crippen LogP) is 4.95. The van der Waals surface area contributed by atoms with Gasteiger partial charge in [0, 0.05) is 25.2 Å². The molecule has 3 unspecified atom stereocenters. The van der Waals surface area contributed by atoms with Crippen LogP contribution >= 0.6 is 0 Å². The molecule has 2 bridgehead atoms. The first-order valence-electron chi connectivity index (χ1n) is 15.2. The third-order valence-electron chi connectivity index (χ3n) is 9.70. The largest absolute Gasteiger partial charge is 0.461 e. The lowest BCUT2D eigenvalue weighted by atomic mass is 9.49. The topological polar surface area (TPSA) is 127 Å². The van der Waals surface area contributed by atoms with Crippen molar-refractivity contribution in [3.8, 4) is 0 Å². The number of benzene rings is 1. The van der Waals surface area contributed by atoms with Crippen molar-refractivity contribution in [2.45, 2.75) is 90.3 Å². The van der Waals surface area contributed by atoms with Crippen LogP contribution in [0.15, 0.2) is 54.9 Å². The summed E-state index contributed by atoms with van der Waals surface area (Å²) in [6, 6.07) is 11.7. The Morgan fingerprint density at radius 1 is 0.955 bits per heavy atom. The van der Waals surface area contributed by atoms with Crippen LogP contribution in [-0.2, 0) is 33.3 Å². The maximum atomic E-state index is 13.8. The lowest BCUT2D eigenvalue weighted by Gasteiger charge is -2.61. The molecule has 2 aliphatic carbocycles. The number of carbonyl (C=O) groups is 4. The van der Waals surface area contributed by atoms with Gasteiger partial charge >= 0.3 is 23.9 Å². The Balaban J connectivity index is 1.71. The van der Waals surface area contributed by atoms with Gasteiger partial charge in [-0.15, -0.1) is 0 Å². The van der Waals surface area contributed by atoms with Gasteiger partial charge < -0.3 is 23.7 Å². The first kappa shape index (κ1) is 31.6. The van der Waals surface area contributed by atoms with E-state index < -0.39 is 64.7 Å². The number of esters is 4. The third kappa shape index (κ3) is 5.38. The summed E-state index contributed by atoms with van der Waals surface area (Å²) < 4.78 is 31.8. The van der Waals surface area contributed by atoms with Crippen molar-refractivity contribution in [1.82, 2.24) is 4.98 Å². The van der Waals surface area contributed by atoms with Crippen LogP contribution in [-0.4, -0.2) is 65.0 Å². The second-order valence-corrected chi connectivity index (χ2v) is 13.1. The highest BCUT2D eigenvalue weighted by Crippen LogP contribution is 2.67. The van der Waals surface area contributed by atoms with Gasteiger partial charge in [-0.05, 0) is 63.3 Å². The summed E-state index contributed by atoms with van der Waals surface area (Å²) in [4.78, 5) is 57.1. The zero-order chi connectivity index (χ0) is 31.9. The van der Waals surface area contributed by atoms with E-state index in [1.54, 1.807) is 62.5 Å². The molecule has 0 radical (unpaired) electrons. The number of carbonyl (C=O) groups excluding carboxylic acids is 4. The minimum atomic E-state index is -1.43. The second kappa shape index (κ2) is 12.0. The van der Waals surface area contributed by atoms with Gasteiger partial charge in [-0.3, -0.25) is 14.6 Å². The number of nitrogens with zero attached hydrogens (tertiary/aromatic N) is 1. The van der Waals surface area contributed by atoms with Gasteiger partial charge in [0.1, 0.15) is 24.2 Å². The average molecular weight is 608 g/mol. The highest BCUT2D eigenvalue weighted by Gasteiger charge is 2.79. The highest BCUT2D eigenvalue weighted by atomic mass is 16.6. The fourth-order valence-corrected chi connectivity index (χ4v) is 7.56. The third-order valence-corrected chi connectivity index (χ3v) is 9.70. The van der Waals surface area contributed by atoms with Crippen LogP contribution in [0.5, 0.6) is 0 Å². The smallest absolute Gasteiger partial charge is 0.339 e. The van der Waals surface area contributed by atoms with Gasteiger partial charge in [-0.25, -0.2) is 9.59 Å². The lowest BCUT2D eigenvalue weighted by Crippen LogP contribution is -2.74. The van der Waals surface area contributed by atoms with Crippen molar-refractivity contribution < 1.29 is 42.9 Å². The van der Waals surface area contributed by atoms with E-state index in [4.69, 9.17) is 23.7 Å². The minimum Gasteiger partial charge on any atom is -0.461 e. The molecule has 1 aromatic carbocycles. The summed E-state index contributed by atoms with van der Waals surface area (Å²) in [6.07, 6.45) is 1.35. The predicted molar refractivity (Wildman–Crippen MR) is 157 cm³/mol. The molecule has 1 spiro atoms. The Morgan fingerprint density at radius 2 is 1.66 bits per heavy atom. The number of aromatic nitrogens is 1. The Bertz CT molecular complexity index is 1390. The molecule has 0 N–H and O–H groups in total. The Kier molecular flexibility index (Phi) is 8.59. The van der Waals surface area contributed by atoms with Gasteiger partial charge in [0.05, 0.1) is 28.2 Å². The first-order valence-corrected chi connectivity index (χ1v) is 15.2. The van der Waals surface area contributed by atoms with Gasteiger partial charge in [0.15, 0.2) is 6.10 Å². The van der Waals surface area contributed by atoms with Crippen LogP contribution in [0, 0.1) is 23.2 Å². The van der Waals surface area contributed by atoms with Crippen LogP contribution in [0.4, 0.5) is 0 Å². The molecule has 3 aliphatic rings. The quantitative estimate of drug-likeness (QED) is 0.301. The number of rotatable bonds is 8. The molecular weight excluding hydrogens is 566 g/mol. The van der Waals surface area contributed by atoms with Crippen molar-refractivity contribution in [1.29, 1.82) is 0 Å². The van der Waals surface area contributed by atoms with E-state index in [0.717, 1.165) is 0 Å². The maximum Gasteiger partial charge on any atom is 0.339 e. The zero-order valence-electron chi connectivity index (χ0n) is 26.1. The molecule has 2 saturated carbocycles. The molecule has 5 rings (SSSR count).